The van der Waals surface area contributed by atoms with Crippen molar-refractivity contribution >= 4 is 11.9 Å². The quantitative estimate of drug-likeness (QED) is 0.147. The highest BCUT2D eigenvalue weighted by Crippen LogP contribution is 2.38. The molecule has 1 amide bonds. The van der Waals surface area contributed by atoms with E-state index < -0.39 is 86.1 Å². The number of carboxylic acids is 1. The van der Waals surface area contributed by atoms with Gasteiger partial charge in [0.15, 0.2) is 6.29 Å². The number of carbonyl (C=O) groups is 2. The Hall–Kier alpha value is -1.38. The molecule has 1 aliphatic rings. The van der Waals surface area contributed by atoms with Crippen LogP contribution in [0.5, 0.6) is 0 Å². The van der Waals surface area contributed by atoms with Crippen LogP contribution >= 0.6 is 0 Å². The number of hydrogen-bond donors (Lipinski definition) is 7. The van der Waals surface area contributed by atoms with Gasteiger partial charge >= 0.3 is 5.97 Å². The van der Waals surface area contributed by atoms with Crippen molar-refractivity contribution in [2.24, 2.45) is 5.92 Å². The molecule has 0 aromatic carbocycles. The van der Waals surface area contributed by atoms with Crippen LogP contribution in [0.2, 0.25) is 0 Å². The summed E-state index contributed by atoms with van der Waals surface area (Å²) in [7, 11) is 0. The Bertz CT molecular complexity index is 600. The van der Waals surface area contributed by atoms with Gasteiger partial charge in [0.2, 0.25) is 5.91 Å². The molecule has 0 bridgehead atoms. The second-order valence-electron chi connectivity index (χ2n) is 7.95. The van der Waals surface area contributed by atoms with Gasteiger partial charge in [-0.1, -0.05) is 13.8 Å². The van der Waals surface area contributed by atoms with E-state index in [1.165, 1.54) is 13.8 Å². The summed E-state index contributed by atoms with van der Waals surface area (Å²) in [4.78, 5) is 23.5. The van der Waals surface area contributed by atoms with Crippen LogP contribution in [0, 0.1) is 5.92 Å². The molecule has 12 nitrogen and oxygen atoms in total. The van der Waals surface area contributed by atoms with E-state index in [9.17, 15) is 40.2 Å². The maximum atomic E-state index is 12.0. The number of ether oxygens (including phenoxy) is 3. The molecule has 0 aromatic heterocycles. The molecule has 0 saturated carbocycles. The van der Waals surface area contributed by atoms with Gasteiger partial charge in [0, 0.05) is 6.92 Å². The number of aliphatic hydroxyl groups is 5. The van der Waals surface area contributed by atoms with Gasteiger partial charge in [-0.3, -0.25) is 9.59 Å². The Morgan fingerprint density at radius 3 is 2.16 bits per heavy atom. The molecule has 32 heavy (non-hydrogen) atoms. The predicted octanol–water partition coefficient (Wildman–Crippen LogP) is -2.04. The summed E-state index contributed by atoms with van der Waals surface area (Å²) in [6.45, 7) is 4.19. The number of aliphatic carboxylic acids is 1. The number of rotatable bonds is 13. The van der Waals surface area contributed by atoms with E-state index in [-0.39, 0.29) is 12.8 Å². The Balaban J connectivity index is 3.47. The lowest BCUT2D eigenvalue weighted by atomic mass is 9.79. The van der Waals surface area contributed by atoms with Gasteiger partial charge in [-0.05, 0) is 19.8 Å². The largest absolute Gasteiger partial charge is 0.481 e. The molecule has 188 valence electrons. The Morgan fingerprint density at radius 1 is 1.16 bits per heavy atom. The van der Waals surface area contributed by atoms with Crippen molar-refractivity contribution in [1.29, 1.82) is 0 Å². The van der Waals surface area contributed by atoms with Gasteiger partial charge in [0.25, 0.3) is 0 Å². The zero-order valence-corrected chi connectivity index (χ0v) is 18.9. The van der Waals surface area contributed by atoms with Crippen LogP contribution in [0.15, 0.2) is 0 Å². The minimum Gasteiger partial charge on any atom is -0.481 e. The summed E-state index contributed by atoms with van der Waals surface area (Å²) in [6.07, 6.45) is -7.07. The second kappa shape index (κ2) is 12.8. The summed E-state index contributed by atoms with van der Waals surface area (Å²) < 4.78 is 17.5. The first kappa shape index (κ1) is 28.7. The molecule has 0 spiro atoms. The van der Waals surface area contributed by atoms with Gasteiger partial charge in [-0.25, -0.2) is 0 Å². The number of hydrogen-bond acceptors (Lipinski definition) is 10. The topological polar surface area (TPSA) is 195 Å². The van der Waals surface area contributed by atoms with E-state index in [1.807, 2.05) is 0 Å². The highest BCUT2D eigenvalue weighted by molar-refractivity contribution is 5.73. The van der Waals surface area contributed by atoms with E-state index in [0.29, 0.717) is 0 Å². The van der Waals surface area contributed by atoms with Crippen LogP contribution in [-0.4, -0.2) is 111 Å². The molecule has 0 aromatic rings. The Morgan fingerprint density at radius 2 is 1.75 bits per heavy atom. The molecule has 1 aliphatic heterocycles. The molecule has 7 N–H and O–H groups in total. The van der Waals surface area contributed by atoms with E-state index in [0.717, 1.165) is 0 Å². The fourth-order valence-electron chi connectivity index (χ4n) is 4.10. The van der Waals surface area contributed by atoms with Crippen molar-refractivity contribution in [3.05, 3.63) is 0 Å². The first-order chi connectivity index (χ1) is 15.0. The summed E-state index contributed by atoms with van der Waals surface area (Å²) in [5.74, 6) is -2.98. The van der Waals surface area contributed by atoms with Crippen LogP contribution < -0.4 is 5.32 Å². The molecule has 12 heteroatoms. The average molecular weight is 468 g/mol. The summed E-state index contributed by atoms with van der Waals surface area (Å²) in [5.41, 5.74) is -1.23. The lowest BCUT2D eigenvalue weighted by molar-refractivity contribution is -0.288. The number of carboxylic acid groups (broad SMARTS) is 1. The predicted molar refractivity (Wildman–Crippen MR) is 109 cm³/mol. The Kier molecular flexibility index (Phi) is 11.4. The van der Waals surface area contributed by atoms with Crippen molar-refractivity contribution in [2.75, 3.05) is 19.8 Å². The van der Waals surface area contributed by atoms with E-state index in [4.69, 9.17) is 14.2 Å². The normalized spacial score (nSPS) is 29.2. The van der Waals surface area contributed by atoms with Crippen molar-refractivity contribution in [2.45, 2.75) is 89.0 Å². The third-order valence-electron chi connectivity index (χ3n) is 5.96. The zero-order chi connectivity index (χ0) is 24.6. The minimum absolute atomic E-state index is 0.274. The Labute approximate surface area is 187 Å². The van der Waals surface area contributed by atoms with Gasteiger partial charge < -0.3 is 50.2 Å². The van der Waals surface area contributed by atoms with Crippen molar-refractivity contribution in [3.63, 3.8) is 0 Å². The number of nitrogens with one attached hydrogen (secondary N) is 1. The van der Waals surface area contributed by atoms with Crippen LogP contribution in [0.3, 0.4) is 0 Å². The zero-order valence-electron chi connectivity index (χ0n) is 18.9. The summed E-state index contributed by atoms with van der Waals surface area (Å²) in [6, 6.07) is -1.09. The van der Waals surface area contributed by atoms with Crippen molar-refractivity contribution < 1.29 is 54.4 Å². The smallest absolute Gasteiger partial charge is 0.311 e. The standard InChI is InChI=1S/C20H37NO11/c1-5-20(6-2,32-10(3)12(7-22)19(28)29)18-15(21-11(4)25)17(31-14(26)9-24)16(27)13(8-23)30-18/h10,12-18,22-24,26-27H,5-9H2,1-4H3,(H,21,25)(H,28,29)/t10-,12-,13?,14-,15?,16?,17?,18?/m0/s1. The van der Waals surface area contributed by atoms with Gasteiger partial charge in [-0.2, -0.15) is 0 Å². The van der Waals surface area contributed by atoms with Crippen molar-refractivity contribution in [1.82, 2.24) is 5.32 Å². The first-order valence-electron chi connectivity index (χ1n) is 10.7. The lowest BCUT2D eigenvalue weighted by Gasteiger charge is -2.52. The highest BCUT2D eigenvalue weighted by Gasteiger charge is 2.55. The molecular formula is C20H37NO11. The first-order valence-corrected chi connectivity index (χ1v) is 10.7. The lowest BCUT2D eigenvalue weighted by Crippen LogP contribution is -2.71. The van der Waals surface area contributed by atoms with Gasteiger partial charge in [0.1, 0.15) is 30.3 Å². The number of amides is 1. The minimum atomic E-state index is -1.67. The highest BCUT2D eigenvalue weighted by atomic mass is 16.6. The maximum Gasteiger partial charge on any atom is 0.311 e. The summed E-state index contributed by atoms with van der Waals surface area (Å²) in [5, 5.41) is 60.9. The molecule has 1 heterocycles. The van der Waals surface area contributed by atoms with Crippen LogP contribution in [-0.2, 0) is 23.8 Å². The van der Waals surface area contributed by atoms with Crippen LogP contribution in [0.1, 0.15) is 40.5 Å². The fraction of sp³-hybridized carbons (Fsp3) is 0.900. The van der Waals surface area contributed by atoms with E-state index >= 15 is 0 Å². The van der Waals surface area contributed by atoms with Crippen LogP contribution in [0.25, 0.3) is 0 Å². The molecule has 1 saturated heterocycles. The average Bonchev–Trinajstić information content (AvgIpc) is 2.74. The maximum absolute atomic E-state index is 12.0. The van der Waals surface area contributed by atoms with E-state index in [1.54, 1.807) is 13.8 Å². The fourth-order valence-corrected chi connectivity index (χ4v) is 4.10. The summed E-state index contributed by atoms with van der Waals surface area (Å²) >= 11 is 0. The third kappa shape index (κ3) is 6.58. The molecule has 1 rings (SSSR count). The third-order valence-corrected chi connectivity index (χ3v) is 5.96. The molecular weight excluding hydrogens is 430 g/mol. The number of carbonyl (C=O) groups excluding carboxylic acids is 1. The van der Waals surface area contributed by atoms with E-state index in [2.05, 4.69) is 5.32 Å². The molecule has 0 aliphatic carbocycles. The van der Waals surface area contributed by atoms with Gasteiger partial charge in [0.05, 0.1) is 37.6 Å². The second-order valence-corrected chi connectivity index (χ2v) is 7.95. The van der Waals surface area contributed by atoms with Crippen molar-refractivity contribution in [3.8, 4) is 0 Å². The molecule has 5 unspecified atom stereocenters. The van der Waals surface area contributed by atoms with Crippen LogP contribution in [0.4, 0.5) is 0 Å². The van der Waals surface area contributed by atoms with Gasteiger partial charge in [-0.15, -0.1) is 0 Å². The molecule has 1 fully saturated rings. The number of aliphatic hydroxyl groups excluding tert-OH is 5. The SMILES string of the molecule is CCC(CC)(O[C@@H](C)[C@H](CO)C(=O)O)C1OC(CO)C(O)C(O[C@H](O)CO)C1NC(C)=O. The molecule has 8 atom stereocenters. The molecule has 0 radical (unpaired) electrons. The monoisotopic (exact) mass is 467 g/mol.